The van der Waals surface area contributed by atoms with Gasteiger partial charge < -0.3 is 20.5 Å². The highest BCUT2D eigenvalue weighted by atomic mass is 16.5. The SMILES string of the molecule is C=CCOc1ccc(NC(=O)C(=O)N/N=C\c2cccc(OCC(N)=O)c2)cc1. The molecule has 3 amide bonds. The van der Waals surface area contributed by atoms with Crippen LogP contribution in [0, 0.1) is 0 Å². The van der Waals surface area contributed by atoms with Crippen molar-refractivity contribution in [1.29, 1.82) is 0 Å². The molecular weight excluding hydrogens is 376 g/mol. The van der Waals surface area contributed by atoms with Crippen molar-refractivity contribution in [2.75, 3.05) is 18.5 Å². The van der Waals surface area contributed by atoms with E-state index in [1.165, 1.54) is 6.21 Å². The van der Waals surface area contributed by atoms with Crippen molar-refractivity contribution >= 4 is 29.6 Å². The Kier molecular flexibility index (Phi) is 7.94. The van der Waals surface area contributed by atoms with Crippen LogP contribution >= 0.6 is 0 Å². The number of carbonyl (C=O) groups excluding carboxylic acids is 3. The molecule has 0 radical (unpaired) electrons. The summed E-state index contributed by atoms with van der Waals surface area (Å²) in [7, 11) is 0. The molecule has 150 valence electrons. The molecule has 9 heteroatoms. The molecule has 2 aromatic carbocycles. The van der Waals surface area contributed by atoms with Crippen molar-refractivity contribution in [3.63, 3.8) is 0 Å². The normalized spacial score (nSPS) is 10.2. The molecule has 0 unspecified atom stereocenters. The molecule has 2 rings (SSSR count). The lowest BCUT2D eigenvalue weighted by Gasteiger charge is -2.06. The number of carbonyl (C=O) groups is 3. The molecule has 9 nitrogen and oxygen atoms in total. The quantitative estimate of drug-likeness (QED) is 0.254. The predicted octanol–water partition coefficient (Wildman–Crippen LogP) is 1.20. The molecule has 0 aromatic heterocycles. The van der Waals surface area contributed by atoms with Gasteiger partial charge in [0.25, 0.3) is 5.91 Å². The van der Waals surface area contributed by atoms with Gasteiger partial charge in [-0.3, -0.25) is 14.4 Å². The highest BCUT2D eigenvalue weighted by molar-refractivity contribution is 6.39. The summed E-state index contributed by atoms with van der Waals surface area (Å²) >= 11 is 0. The maximum absolute atomic E-state index is 11.9. The summed E-state index contributed by atoms with van der Waals surface area (Å²) in [5, 5.41) is 6.17. The maximum Gasteiger partial charge on any atom is 0.329 e. The first-order chi connectivity index (χ1) is 14.0. The first kappa shape index (κ1) is 21.2. The summed E-state index contributed by atoms with van der Waals surface area (Å²) < 4.78 is 10.5. The second-order valence-corrected chi connectivity index (χ2v) is 5.60. The fourth-order valence-electron chi connectivity index (χ4n) is 2.03. The van der Waals surface area contributed by atoms with E-state index in [1.807, 2.05) is 0 Å². The molecule has 0 bridgehead atoms. The Morgan fingerprint density at radius 3 is 2.48 bits per heavy atom. The van der Waals surface area contributed by atoms with Gasteiger partial charge in [0.1, 0.15) is 18.1 Å². The van der Waals surface area contributed by atoms with Crippen LogP contribution in [0.15, 0.2) is 66.3 Å². The lowest BCUT2D eigenvalue weighted by molar-refractivity contribution is -0.136. The molecular formula is C20H20N4O5. The number of benzene rings is 2. The topological polar surface area (TPSA) is 132 Å². The van der Waals surface area contributed by atoms with Crippen LogP contribution in [0.5, 0.6) is 11.5 Å². The van der Waals surface area contributed by atoms with E-state index < -0.39 is 17.7 Å². The lowest BCUT2D eigenvalue weighted by Crippen LogP contribution is -2.32. The number of hydrogen-bond acceptors (Lipinski definition) is 6. The monoisotopic (exact) mass is 396 g/mol. The van der Waals surface area contributed by atoms with Gasteiger partial charge in [0.05, 0.1) is 6.21 Å². The number of rotatable bonds is 9. The summed E-state index contributed by atoms with van der Waals surface area (Å²) in [6.45, 7) is 3.67. The zero-order chi connectivity index (χ0) is 21.1. The molecule has 29 heavy (non-hydrogen) atoms. The van der Waals surface area contributed by atoms with Crippen LogP contribution < -0.4 is 25.9 Å². The van der Waals surface area contributed by atoms with Gasteiger partial charge in [0.2, 0.25) is 0 Å². The highest BCUT2D eigenvalue weighted by Gasteiger charge is 2.12. The number of anilines is 1. The standard InChI is InChI=1S/C20H20N4O5/c1-2-10-28-16-8-6-15(7-9-16)23-19(26)20(27)24-22-12-14-4-3-5-17(11-14)29-13-18(21)25/h2-9,11-12H,1,10,13H2,(H2,21,25)(H,23,26)(H,24,27)/b22-12-. The largest absolute Gasteiger partial charge is 0.490 e. The molecule has 0 spiro atoms. The van der Waals surface area contributed by atoms with Crippen molar-refractivity contribution in [3.05, 3.63) is 66.7 Å². The fraction of sp³-hybridized carbons (Fsp3) is 0.100. The van der Waals surface area contributed by atoms with Crippen molar-refractivity contribution in [3.8, 4) is 11.5 Å². The number of amides is 3. The van der Waals surface area contributed by atoms with Crippen LogP contribution in [0.4, 0.5) is 5.69 Å². The van der Waals surface area contributed by atoms with Crippen LogP contribution in [0.25, 0.3) is 0 Å². The minimum atomic E-state index is -0.936. The molecule has 2 aromatic rings. The van der Waals surface area contributed by atoms with Crippen LogP contribution in [0.3, 0.4) is 0 Å². The number of nitrogens with one attached hydrogen (secondary N) is 2. The van der Waals surface area contributed by atoms with E-state index in [0.717, 1.165) is 0 Å². The first-order valence-corrected chi connectivity index (χ1v) is 8.47. The molecule has 0 heterocycles. The van der Waals surface area contributed by atoms with Gasteiger partial charge >= 0.3 is 11.8 Å². The maximum atomic E-state index is 11.9. The van der Waals surface area contributed by atoms with E-state index >= 15 is 0 Å². The van der Waals surface area contributed by atoms with Gasteiger partial charge in [-0.2, -0.15) is 5.10 Å². The summed E-state index contributed by atoms with van der Waals surface area (Å²) in [4.78, 5) is 34.5. The molecule has 0 aliphatic carbocycles. The van der Waals surface area contributed by atoms with E-state index in [-0.39, 0.29) is 6.61 Å². The molecule has 0 aliphatic rings. The Morgan fingerprint density at radius 2 is 1.79 bits per heavy atom. The van der Waals surface area contributed by atoms with E-state index in [4.69, 9.17) is 15.2 Å². The van der Waals surface area contributed by atoms with Gasteiger partial charge in [-0.05, 0) is 42.0 Å². The molecule has 0 atom stereocenters. The molecule has 0 aliphatic heterocycles. The first-order valence-electron chi connectivity index (χ1n) is 8.47. The minimum Gasteiger partial charge on any atom is -0.490 e. The number of nitrogens with zero attached hydrogens (tertiary/aromatic N) is 1. The van der Waals surface area contributed by atoms with Crippen molar-refractivity contribution in [2.45, 2.75) is 0 Å². The van der Waals surface area contributed by atoms with Crippen LogP contribution in [-0.2, 0) is 14.4 Å². The van der Waals surface area contributed by atoms with Gasteiger partial charge in [0, 0.05) is 5.69 Å². The lowest BCUT2D eigenvalue weighted by atomic mass is 10.2. The summed E-state index contributed by atoms with van der Waals surface area (Å²) in [5.74, 6) is -1.38. The third kappa shape index (κ3) is 7.55. The summed E-state index contributed by atoms with van der Waals surface area (Å²) in [5.41, 5.74) is 8.16. The second-order valence-electron chi connectivity index (χ2n) is 5.60. The average Bonchev–Trinajstić information content (AvgIpc) is 2.72. The number of primary amides is 1. The minimum absolute atomic E-state index is 0.251. The molecule has 4 N–H and O–H groups in total. The predicted molar refractivity (Wildman–Crippen MR) is 108 cm³/mol. The third-order valence-electron chi connectivity index (χ3n) is 3.31. The number of hydrogen-bond donors (Lipinski definition) is 3. The zero-order valence-electron chi connectivity index (χ0n) is 15.5. The Hall–Kier alpha value is -4.14. The van der Waals surface area contributed by atoms with Gasteiger partial charge in [-0.15, -0.1) is 0 Å². The molecule has 0 fully saturated rings. The molecule has 0 saturated carbocycles. The van der Waals surface area contributed by atoms with Crippen LogP contribution in [0.1, 0.15) is 5.56 Å². The number of hydrazone groups is 1. The zero-order valence-corrected chi connectivity index (χ0v) is 15.5. The van der Waals surface area contributed by atoms with Gasteiger partial charge in [-0.1, -0.05) is 24.8 Å². The van der Waals surface area contributed by atoms with Crippen molar-refractivity contribution in [2.24, 2.45) is 10.8 Å². The summed E-state index contributed by atoms with van der Waals surface area (Å²) in [6.07, 6.45) is 2.94. The van der Waals surface area contributed by atoms with Crippen molar-refractivity contribution in [1.82, 2.24) is 5.43 Å². The third-order valence-corrected chi connectivity index (χ3v) is 3.31. The smallest absolute Gasteiger partial charge is 0.329 e. The Balaban J connectivity index is 1.85. The van der Waals surface area contributed by atoms with Crippen LogP contribution in [0.2, 0.25) is 0 Å². The highest BCUT2D eigenvalue weighted by Crippen LogP contribution is 2.15. The van der Waals surface area contributed by atoms with Gasteiger partial charge in [-0.25, -0.2) is 5.43 Å². The van der Waals surface area contributed by atoms with E-state index in [0.29, 0.717) is 29.4 Å². The van der Waals surface area contributed by atoms with E-state index in [9.17, 15) is 14.4 Å². The summed E-state index contributed by atoms with van der Waals surface area (Å²) in [6, 6.07) is 13.1. The number of nitrogens with two attached hydrogens (primary N) is 1. The van der Waals surface area contributed by atoms with E-state index in [2.05, 4.69) is 22.4 Å². The van der Waals surface area contributed by atoms with Crippen molar-refractivity contribution < 1.29 is 23.9 Å². The number of ether oxygens (including phenoxy) is 2. The van der Waals surface area contributed by atoms with Crippen LogP contribution in [-0.4, -0.2) is 37.1 Å². The van der Waals surface area contributed by atoms with Gasteiger partial charge in [0.15, 0.2) is 6.61 Å². The second kappa shape index (κ2) is 10.9. The average molecular weight is 396 g/mol. The Morgan fingerprint density at radius 1 is 1.03 bits per heavy atom. The Labute approximate surface area is 167 Å². The van der Waals surface area contributed by atoms with E-state index in [1.54, 1.807) is 54.6 Å². The fourth-order valence-corrected chi connectivity index (χ4v) is 2.03. The molecule has 0 saturated heterocycles. The Bertz CT molecular complexity index is 909.